The molecule has 12 heteroatoms. The molecular weight excluding hydrogens is 451 g/mol. The molecule has 31 heavy (non-hydrogen) atoms. The van der Waals surface area contributed by atoms with Gasteiger partial charge >= 0.3 is 0 Å². The lowest BCUT2D eigenvalue weighted by Crippen LogP contribution is -2.21. The van der Waals surface area contributed by atoms with E-state index in [0.717, 1.165) is 23.1 Å². The molecule has 4 aromatic rings. The van der Waals surface area contributed by atoms with Crippen LogP contribution in [0.2, 0.25) is 0 Å². The largest absolute Gasteiger partial charge is 0.480 e. The van der Waals surface area contributed by atoms with Crippen molar-refractivity contribution in [3.63, 3.8) is 0 Å². The molecule has 3 heterocycles. The zero-order valence-electron chi connectivity index (χ0n) is 15.6. The number of hydrogen-bond acceptors (Lipinski definition) is 8. The van der Waals surface area contributed by atoms with Crippen molar-refractivity contribution in [1.82, 2.24) is 19.5 Å². The van der Waals surface area contributed by atoms with E-state index >= 15 is 0 Å². The molecule has 3 aromatic heterocycles. The van der Waals surface area contributed by atoms with Gasteiger partial charge in [-0.25, -0.2) is 28.1 Å². The number of methoxy groups -OCH3 is 1. The van der Waals surface area contributed by atoms with Crippen molar-refractivity contribution < 1.29 is 17.9 Å². The summed E-state index contributed by atoms with van der Waals surface area (Å²) in [4.78, 5) is 25.5. The van der Waals surface area contributed by atoms with E-state index in [0.29, 0.717) is 12.1 Å². The zero-order chi connectivity index (χ0) is 22.1. The van der Waals surface area contributed by atoms with Gasteiger partial charge in [0, 0.05) is 23.4 Å². The third kappa shape index (κ3) is 3.85. The third-order valence-corrected chi connectivity index (χ3v) is 5.97. The first-order valence-corrected chi connectivity index (χ1v) is 10.4. The molecule has 0 spiro atoms. The molecule has 0 bridgehead atoms. The highest BCUT2D eigenvalue weighted by Gasteiger charge is 2.19. The van der Waals surface area contributed by atoms with Gasteiger partial charge in [0.1, 0.15) is 33.8 Å². The number of benzene rings is 1. The van der Waals surface area contributed by atoms with Gasteiger partial charge in [-0.05, 0) is 6.07 Å². The van der Waals surface area contributed by atoms with Gasteiger partial charge in [-0.1, -0.05) is 11.8 Å². The Balaban J connectivity index is 1.84. The van der Waals surface area contributed by atoms with Gasteiger partial charge < -0.3 is 4.74 Å². The SMILES string of the molecule is COc1ncc(-n2c(SCc3c(F)cc(F)cc3F)nc3ncsc3c2=O)cc1C#N. The molecule has 0 amide bonds. The molecule has 0 aliphatic carbocycles. The molecule has 4 rings (SSSR count). The Hall–Kier alpha value is -3.43. The van der Waals surface area contributed by atoms with Crippen molar-refractivity contribution in [3.8, 4) is 17.6 Å². The molecule has 0 fully saturated rings. The fraction of sp³-hybridized carbons (Fsp3) is 0.105. The maximum atomic E-state index is 14.0. The van der Waals surface area contributed by atoms with Gasteiger partial charge in [-0.2, -0.15) is 5.26 Å². The minimum atomic E-state index is -1.05. The highest BCUT2D eigenvalue weighted by Crippen LogP contribution is 2.28. The molecule has 7 nitrogen and oxygen atoms in total. The average Bonchev–Trinajstić information content (AvgIpc) is 3.21. The van der Waals surface area contributed by atoms with Crippen LogP contribution in [0.5, 0.6) is 5.88 Å². The summed E-state index contributed by atoms with van der Waals surface area (Å²) < 4.78 is 47.7. The number of thioether (sulfide) groups is 1. The molecule has 0 aliphatic heterocycles. The molecular formula is C19H10F3N5O2S2. The Morgan fingerprint density at radius 1 is 1.23 bits per heavy atom. The monoisotopic (exact) mass is 461 g/mol. The maximum absolute atomic E-state index is 14.0. The van der Waals surface area contributed by atoms with Gasteiger partial charge in [-0.3, -0.25) is 9.36 Å². The smallest absolute Gasteiger partial charge is 0.278 e. The summed E-state index contributed by atoms with van der Waals surface area (Å²) in [5.74, 6) is -3.32. The quantitative estimate of drug-likeness (QED) is 0.329. The lowest BCUT2D eigenvalue weighted by atomic mass is 10.2. The summed E-state index contributed by atoms with van der Waals surface area (Å²) in [5, 5.41) is 9.41. The summed E-state index contributed by atoms with van der Waals surface area (Å²) in [6.45, 7) is 0. The van der Waals surface area contributed by atoms with E-state index in [1.165, 1.54) is 29.5 Å². The summed E-state index contributed by atoms with van der Waals surface area (Å²) in [5.41, 5.74) is 1.08. The lowest BCUT2D eigenvalue weighted by molar-refractivity contribution is 0.396. The average molecular weight is 461 g/mol. The van der Waals surface area contributed by atoms with Crippen LogP contribution in [0.1, 0.15) is 11.1 Å². The first kappa shape index (κ1) is 20.8. The maximum Gasteiger partial charge on any atom is 0.278 e. The van der Waals surface area contributed by atoms with Gasteiger partial charge in [0.25, 0.3) is 5.56 Å². The van der Waals surface area contributed by atoms with E-state index < -0.39 is 23.0 Å². The van der Waals surface area contributed by atoms with E-state index in [-0.39, 0.29) is 44.0 Å². The molecule has 0 atom stereocenters. The topological polar surface area (TPSA) is 93.7 Å². The number of hydrogen-bond donors (Lipinski definition) is 0. The Labute approximate surface area is 180 Å². The Morgan fingerprint density at radius 2 is 1.97 bits per heavy atom. The number of rotatable bonds is 5. The number of thiazole rings is 1. The van der Waals surface area contributed by atoms with E-state index in [1.54, 1.807) is 0 Å². The number of nitrogens with zero attached hydrogens (tertiary/aromatic N) is 5. The second kappa shape index (κ2) is 8.37. The fourth-order valence-electron chi connectivity index (χ4n) is 2.77. The fourth-order valence-corrected chi connectivity index (χ4v) is 4.44. The second-order valence-corrected chi connectivity index (χ2v) is 7.84. The molecule has 0 aliphatic rings. The molecule has 0 N–H and O–H groups in total. The predicted octanol–water partition coefficient (Wildman–Crippen LogP) is 3.83. The van der Waals surface area contributed by atoms with Crippen LogP contribution in [0.15, 0.2) is 39.9 Å². The van der Waals surface area contributed by atoms with Crippen LogP contribution >= 0.6 is 23.1 Å². The predicted molar refractivity (Wildman–Crippen MR) is 108 cm³/mol. The van der Waals surface area contributed by atoms with Gasteiger partial charge in [0.15, 0.2) is 10.8 Å². The van der Waals surface area contributed by atoms with Crippen LogP contribution in [0.4, 0.5) is 13.2 Å². The first-order chi connectivity index (χ1) is 14.9. The van der Waals surface area contributed by atoms with Crippen molar-refractivity contribution in [1.29, 1.82) is 5.26 Å². The van der Waals surface area contributed by atoms with Crippen LogP contribution < -0.4 is 10.3 Å². The summed E-state index contributed by atoms with van der Waals surface area (Å²) in [6, 6.07) is 4.48. The molecule has 156 valence electrons. The van der Waals surface area contributed by atoms with Crippen molar-refractivity contribution in [3.05, 3.63) is 68.8 Å². The standard InChI is InChI=1S/C19H10F3N5O2S2/c1-29-17-9(5-23)2-11(6-24-17)27-18(28)15-16(25-8-31-15)26-19(27)30-7-12-13(21)3-10(20)4-14(12)22/h2-4,6,8H,7H2,1H3. The number of halogens is 3. The van der Waals surface area contributed by atoms with E-state index in [1.807, 2.05) is 6.07 Å². The minimum Gasteiger partial charge on any atom is -0.480 e. The highest BCUT2D eigenvalue weighted by molar-refractivity contribution is 7.98. The number of nitriles is 1. The number of fused-ring (bicyclic) bond motifs is 1. The Kier molecular flexibility index (Phi) is 5.62. The number of pyridine rings is 1. The van der Waals surface area contributed by atoms with Gasteiger partial charge in [0.05, 0.1) is 24.5 Å². The Bertz CT molecular complexity index is 1390. The van der Waals surface area contributed by atoms with Crippen LogP contribution in [0.3, 0.4) is 0 Å². The van der Waals surface area contributed by atoms with Gasteiger partial charge in [0.2, 0.25) is 5.88 Å². The second-order valence-electron chi connectivity index (χ2n) is 6.04. The van der Waals surface area contributed by atoms with Crippen LogP contribution in [-0.4, -0.2) is 26.6 Å². The summed E-state index contributed by atoms with van der Waals surface area (Å²) in [7, 11) is 1.35. The van der Waals surface area contributed by atoms with E-state index in [9.17, 15) is 23.2 Å². The van der Waals surface area contributed by atoms with Crippen molar-refractivity contribution in [2.75, 3.05) is 7.11 Å². The lowest BCUT2D eigenvalue weighted by Gasteiger charge is -2.13. The Morgan fingerprint density at radius 3 is 2.65 bits per heavy atom. The number of ether oxygens (including phenoxy) is 1. The normalized spacial score (nSPS) is 10.9. The summed E-state index contributed by atoms with van der Waals surface area (Å²) >= 11 is 1.94. The molecule has 0 saturated heterocycles. The third-order valence-electron chi connectivity index (χ3n) is 4.20. The first-order valence-electron chi connectivity index (χ1n) is 8.50. The molecule has 0 radical (unpaired) electrons. The molecule has 0 unspecified atom stereocenters. The zero-order valence-corrected chi connectivity index (χ0v) is 17.2. The van der Waals surface area contributed by atoms with E-state index in [2.05, 4.69) is 15.0 Å². The highest BCUT2D eigenvalue weighted by atomic mass is 32.2. The van der Waals surface area contributed by atoms with E-state index in [4.69, 9.17) is 4.74 Å². The van der Waals surface area contributed by atoms with Crippen LogP contribution in [0.25, 0.3) is 16.0 Å². The minimum absolute atomic E-state index is 0.0716. The van der Waals surface area contributed by atoms with Crippen molar-refractivity contribution in [2.45, 2.75) is 10.9 Å². The number of aromatic nitrogens is 4. The van der Waals surface area contributed by atoms with Crippen LogP contribution in [-0.2, 0) is 5.75 Å². The molecule has 1 aromatic carbocycles. The van der Waals surface area contributed by atoms with Crippen molar-refractivity contribution in [2.24, 2.45) is 0 Å². The van der Waals surface area contributed by atoms with Crippen LogP contribution in [0, 0.1) is 28.8 Å². The van der Waals surface area contributed by atoms with Gasteiger partial charge in [-0.15, -0.1) is 11.3 Å². The molecule has 0 saturated carbocycles. The summed E-state index contributed by atoms with van der Waals surface area (Å²) in [6.07, 6.45) is 1.32. The van der Waals surface area contributed by atoms with Crippen molar-refractivity contribution >= 4 is 33.4 Å².